The Labute approximate surface area is 94.0 Å². The van der Waals surface area contributed by atoms with Crippen molar-refractivity contribution in [1.29, 1.82) is 0 Å². The van der Waals surface area contributed by atoms with Crippen molar-refractivity contribution >= 4 is 0 Å². The van der Waals surface area contributed by atoms with E-state index in [9.17, 15) is 0 Å². The molecule has 0 aliphatic heterocycles. The molecular weight excluding hydrogens is 182 g/mol. The van der Waals surface area contributed by atoms with Gasteiger partial charge in [0.2, 0.25) is 0 Å². The van der Waals surface area contributed by atoms with Gasteiger partial charge >= 0.3 is 0 Å². The molecule has 0 aromatic heterocycles. The average Bonchev–Trinajstić information content (AvgIpc) is 2.42. The molecule has 1 spiro atoms. The summed E-state index contributed by atoms with van der Waals surface area (Å²) in [5.74, 6) is 0.987. The molecule has 0 aromatic carbocycles. The Morgan fingerprint density at radius 2 is 1.73 bits per heavy atom. The van der Waals surface area contributed by atoms with E-state index < -0.39 is 0 Å². The molecule has 2 bridgehead atoms. The van der Waals surface area contributed by atoms with Gasteiger partial charge in [-0.15, -0.1) is 0 Å². The van der Waals surface area contributed by atoms with E-state index in [4.69, 9.17) is 0 Å². The number of rotatable bonds is 1. The van der Waals surface area contributed by atoms with Gasteiger partial charge in [-0.3, -0.25) is 0 Å². The third-order valence-corrected chi connectivity index (χ3v) is 6.77. The maximum absolute atomic E-state index is 3.68. The van der Waals surface area contributed by atoms with Crippen LogP contribution in [-0.4, -0.2) is 13.1 Å². The molecule has 1 heteroatoms. The van der Waals surface area contributed by atoms with Gasteiger partial charge in [-0.25, -0.2) is 0 Å². The summed E-state index contributed by atoms with van der Waals surface area (Å²) in [5.41, 5.74) is 1.79. The first kappa shape index (κ1) is 10.1. The van der Waals surface area contributed by atoms with Gasteiger partial charge in [0.1, 0.15) is 0 Å². The molecule has 15 heavy (non-hydrogen) atoms. The van der Waals surface area contributed by atoms with Crippen molar-refractivity contribution in [2.45, 2.75) is 58.9 Å². The molecule has 86 valence electrons. The summed E-state index contributed by atoms with van der Waals surface area (Å²) in [5, 5.41) is 3.68. The zero-order valence-electron chi connectivity index (χ0n) is 10.7. The minimum atomic E-state index is 0.548. The molecular formula is C14H25N. The van der Waals surface area contributed by atoms with Crippen molar-refractivity contribution in [3.05, 3.63) is 0 Å². The molecule has 3 aliphatic carbocycles. The van der Waals surface area contributed by atoms with Crippen molar-refractivity contribution < 1.29 is 0 Å². The molecule has 0 amide bonds. The van der Waals surface area contributed by atoms with Gasteiger partial charge in [-0.2, -0.15) is 0 Å². The minimum Gasteiger partial charge on any atom is -0.316 e. The quantitative estimate of drug-likeness (QED) is 0.696. The zero-order chi connectivity index (χ0) is 10.9. The average molecular weight is 207 g/mol. The first-order valence-electron chi connectivity index (χ1n) is 6.66. The summed E-state index contributed by atoms with van der Waals surface area (Å²) in [6, 6.07) is 0.785. The molecule has 3 fully saturated rings. The van der Waals surface area contributed by atoms with E-state index in [1.165, 1.54) is 32.1 Å². The van der Waals surface area contributed by atoms with Crippen molar-refractivity contribution in [2.75, 3.05) is 7.05 Å². The Bertz CT molecular complexity index is 290. The predicted octanol–water partition coefficient (Wildman–Crippen LogP) is 3.20. The highest BCUT2D eigenvalue weighted by atomic mass is 15.0. The molecule has 3 aliphatic rings. The summed E-state index contributed by atoms with van der Waals surface area (Å²) in [4.78, 5) is 0. The number of fused-ring (bicyclic) bond motifs is 3. The fourth-order valence-electron chi connectivity index (χ4n) is 5.71. The number of hydrogen-bond acceptors (Lipinski definition) is 1. The number of nitrogens with one attached hydrogen (secondary N) is 1. The van der Waals surface area contributed by atoms with Crippen LogP contribution < -0.4 is 5.32 Å². The van der Waals surface area contributed by atoms with E-state index in [0.717, 1.165) is 12.0 Å². The minimum absolute atomic E-state index is 0.548. The van der Waals surface area contributed by atoms with Gasteiger partial charge in [-0.05, 0) is 54.9 Å². The highest BCUT2D eigenvalue weighted by molar-refractivity contribution is 5.24. The molecule has 0 heterocycles. The van der Waals surface area contributed by atoms with E-state index in [-0.39, 0.29) is 0 Å². The molecule has 3 atom stereocenters. The summed E-state index contributed by atoms with van der Waals surface area (Å²) in [6.45, 7) is 7.60. The maximum Gasteiger partial charge on any atom is 0.0182 e. The van der Waals surface area contributed by atoms with E-state index in [1.54, 1.807) is 0 Å². The normalized spacial score (nSPS) is 49.6. The monoisotopic (exact) mass is 207 g/mol. The van der Waals surface area contributed by atoms with Crippen LogP contribution in [0.3, 0.4) is 0 Å². The summed E-state index contributed by atoms with van der Waals surface area (Å²) < 4.78 is 0. The Morgan fingerprint density at radius 1 is 1.07 bits per heavy atom. The third-order valence-electron chi connectivity index (χ3n) is 6.77. The standard InChI is InChI=1S/C14H25N/c1-12(2)10-6-9-13(12,3)11(15-4)14(10)7-5-8-14/h10-11,15H,5-9H2,1-4H3/t10-,11+,13-/m0/s1. The molecule has 3 rings (SSSR count). The molecule has 1 nitrogen and oxygen atoms in total. The van der Waals surface area contributed by atoms with E-state index in [2.05, 4.69) is 33.1 Å². The van der Waals surface area contributed by atoms with Crippen molar-refractivity contribution in [3.8, 4) is 0 Å². The van der Waals surface area contributed by atoms with Crippen LogP contribution in [0.15, 0.2) is 0 Å². The SMILES string of the molecule is CN[C@H]1C2(CCC2)[C@H]2CC[C@]1(C)C2(C)C. The van der Waals surface area contributed by atoms with Crippen LogP contribution in [0.25, 0.3) is 0 Å². The lowest BCUT2D eigenvalue weighted by atomic mass is 9.55. The summed E-state index contributed by atoms with van der Waals surface area (Å²) in [6.07, 6.45) is 7.38. The van der Waals surface area contributed by atoms with Crippen molar-refractivity contribution in [2.24, 2.45) is 22.2 Å². The Kier molecular flexibility index (Phi) is 1.77. The Balaban J connectivity index is 2.08. The molecule has 0 unspecified atom stereocenters. The van der Waals surface area contributed by atoms with Gasteiger partial charge in [0, 0.05) is 6.04 Å². The first-order valence-corrected chi connectivity index (χ1v) is 6.66. The lowest BCUT2D eigenvalue weighted by molar-refractivity contribution is 0.000768. The van der Waals surface area contributed by atoms with Gasteiger partial charge in [0.25, 0.3) is 0 Å². The van der Waals surface area contributed by atoms with E-state index >= 15 is 0 Å². The maximum atomic E-state index is 3.68. The third kappa shape index (κ3) is 0.833. The van der Waals surface area contributed by atoms with Crippen LogP contribution in [-0.2, 0) is 0 Å². The van der Waals surface area contributed by atoms with E-state index in [0.29, 0.717) is 16.2 Å². The van der Waals surface area contributed by atoms with Crippen molar-refractivity contribution in [3.63, 3.8) is 0 Å². The lowest BCUT2D eigenvalue weighted by Crippen LogP contribution is -2.55. The first-order chi connectivity index (χ1) is 6.99. The van der Waals surface area contributed by atoms with Crippen LogP contribution in [0.4, 0.5) is 0 Å². The second-order valence-corrected chi connectivity index (χ2v) is 7.04. The molecule has 0 saturated heterocycles. The zero-order valence-corrected chi connectivity index (χ0v) is 10.7. The lowest BCUT2D eigenvalue weighted by Gasteiger charge is -2.53. The molecule has 0 aromatic rings. The summed E-state index contributed by atoms with van der Waals surface area (Å²) in [7, 11) is 2.19. The van der Waals surface area contributed by atoms with Crippen LogP contribution >= 0.6 is 0 Å². The molecule has 0 radical (unpaired) electrons. The smallest absolute Gasteiger partial charge is 0.0182 e. The largest absolute Gasteiger partial charge is 0.316 e. The topological polar surface area (TPSA) is 12.0 Å². The Hall–Kier alpha value is -0.0400. The number of hydrogen-bond donors (Lipinski definition) is 1. The summed E-state index contributed by atoms with van der Waals surface area (Å²) >= 11 is 0. The fourth-order valence-corrected chi connectivity index (χ4v) is 5.71. The highest BCUT2D eigenvalue weighted by Gasteiger charge is 2.72. The van der Waals surface area contributed by atoms with Crippen LogP contribution in [0.1, 0.15) is 52.9 Å². The van der Waals surface area contributed by atoms with Crippen LogP contribution in [0, 0.1) is 22.2 Å². The molecule has 1 N–H and O–H groups in total. The van der Waals surface area contributed by atoms with Crippen molar-refractivity contribution in [1.82, 2.24) is 5.32 Å². The van der Waals surface area contributed by atoms with Gasteiger partial charge in [0.15, 0.2) is 0 Å². The van der Waals surface area contributed by atoms with E-state index in [1.807, 2.05) is 0 Å². The van der Waals surface area contributed by atoms with Crippen LogP contribution in [0.2, 0.25) is 0 Å². The fraction of sp³-hybridized carbons (Fsp3) is 1.00. The van der Waals surface area contributed by atoms with Gasteiger partial charge in [-0.1, -0.05) is 27.2 Å². The Morgan fingerprint density at radius 3 is 2.13 bits per heavy atom. The highest BCUT2D eigenvalue weighted by Crippen LogP contribution is 2.76. The second-order valence-electron chi connectivity index (χ2n) is 7.04. The predicted molar refractivity (Wildman–Crippen MR) is 63.7 cm³/mol. The van der Waals surface area contributed by atoms with Gasteiger partial charge < -0.3 is 5.32 Å². The molecule has 3 saturated carbocycles. The second kappa shape index (κ2) is 2.61. The van der Waals surface area contributed by atoms with Gasteiger partial charge in [0.05, 0.1) is 0 Å². The van der Waals surface area contributed by atoms with Crippen LogP contribution in [0.5, 0.6) is 0 Å².